The molecule has 7 heteroatoms. The molecule has 0 aromatic carbocycles. The maximum Gasteiger partial charge on any atom is 0.389 e. The number of nitrogens with zero attached hydrogens (tertiary/aromatic N) is 2. The first-order valence-corrected chi connectivity index (χ1v) is 9.25. The summed E-state index contributed by atoms with van der Waals surface area (Å²) >= 11 is 0. The summed E-state index contributed by atoms with van der Waals surface area (Å²) in [5.41, 5.74) is 1.13. The molecule has 1 aromatic heterocycles. The summed E-state index contributed by atoms with van der Waals surface area (Å²) in [6, 6.07) is 0.344. The molecule has 1 aliphatic rings. The van der Waals surface area contributed by atoms with Gasteiger partial charge >= 0.3 is 12.1 Å². The van der Waals surface area contributed by atoms with Crippen molar-refractivity contribution < 1.29 is 23.1 Å². The molecule has 1 heterocycles. The summed E-state index contributed by atoms with van der Waals surface area (Å²) in [7, 11) is 0. The molecule has 1 saturated carbocycles. The molecule has 0 aliphatic heterocycles. The Morgan fingerprint density at radius 1 is 1.12 bits per heavy atom. The Morgan fingerprint density at radius 2 is 1.72 bits per heavy atom. The fourth-order valence-electron chi connectivity index (χ4n) is 3.26. The number of hydrogen-bond acceptors (Lipinski definition) is 2. The first-order valence-electron chi connectivity index (χ1n) is 9.25. The number of halogens is 3. The molecule has 2 rings (SSSR count). The van der Waals surface area contributed by atoms with Crippen molar-refractivity contribution in [3.63, 3.8) is 0 Å². The number of hydrogen-bond donors (Lipinski definition) is 1. The number of rotatable bonds is 11. The van der Waals surface area contributed by atoms with E-state index in [0.717, 1.165) is 50.6 Å². The predicted molar refractivity (Wildman–Crippen MR) is 88.8 cm³/mol. The number of carboxylic acids is 1. The van der Waals surface area contributed by atoms with Gasteiger partial charge in [-0.05, 0) is 38.5 Å². The topological polar surface area (TPSA) is 55.1 Å². The number of aromatic nitrogens is 2. The quantitative estimate of drug-likeness (QED) is 0.528. The van der Waals surface area contributed by atoms with Gasteiger partial charge in [0, 0.05) is 6.42 Å². The molecule has 1 aromatic rings. The van der Waals surface area contributed by atoms with E-state index < -0.39 is 18.6 Å². The first kappa shape index (κ1) is 19.8. The van der Waals surface area contributed by atoms with E-state index in [-0.39, 0.29) is 6.42 Å². The molecule has 0 amide bonds. The second-order valence-corrected chi connectivity index (χ2v) is 6.93. The minimum atomic E-state index is -4.04. The van der Waals surface area contributed by atoms with Gasteiger partial charge < -0.3 is 5.11 Å². The number of unbranched alkanes of at least 4 members (excludes halogenated alkanes) is 6. The summed E-state index contributed by atoms with van der Waals surface area (Å²) in [5.74, 6) is -0.926. The average Bonchev–Trinajstić information content (AvgIpc) is 2.86. The average molecular weight is 360 g/mol. The number of aromatic carboxylic acids is 1. The molecule has 1 fully saturated rings. The Hall–Kier alpha value is -1.53. The highest BCUT2D eigenvalue weighted by molar-refractivity contribution is 5.88. The molecule has 142 valence electrons. The van der Waals surface area contributed by atoms with Gasteiger partial charge in [-0.15, -0.1) is 0 Å². The highest BCUT2D eigenvalue weighted by Crippen LogP contribution is 2.33. The third-order valence-corrected chi connectivity index (χ3v) is 4.92. The molecule has 0 atom stereocenters. The van der Waals surface area contributed by atoms with E-state index in [2.05, 4.69) is 5.10 Å². The molecule has 25 heavy (non-hydrogen) atoms. The minimum absolute atomic E-state index is 0.214. The normalized spacial score (nSPS) is 15.3. The van der Waals surface area contributed by atoms with E-state index in [1.165, 1.54) is 12.6 Å². The molecule has 0 unspecified atom stereocenters. The van der Waals surface area contributed by atoms with E-state index in [4.69, 9.17) is 0 Å². The van der Waals surface area contributed by atoms with Crippen molar-refractivity contribution in [2.75, 3.05) is 0 Å². The summed E-state index contributed by atoms with van der Waals surface area (Å²) in [5, 5.41) is 13.6. The molecule has 4 nitrogen and oxygen atoms in total. The fourth-order valence-corrected chi connectivity index (χ4v) is 3.26. The summed E-state index contributed by atoms with van der Waals surface area (Å²) in [6.07, 6.45) is 6.16. The van der Waals surface area contributed by atoms with Crippen molar-refractivity contribution in [2.24, 2.45) is 0 Å². The number of carboxylic acid groups (broad SMARTS) is 1. The molecule has 0 bridgehead atoms. The van der Waals surface area contributed by atoms with E-state index in [9.17, 15) is 23.1 Å². The first-order chi connectivity index (χ1) is 11.9. The zero-order valence-corrected chi connectivity index (χ0v) is 14.5. The van der Waals surface area contributed by atoms with Crippen LogP contribution in [0.3, 0.4) is 0 Å². The zero-order valence-electron chi connectivity index (χ0n) is 14.5. The van der Waals surface area contributed by atoms with Gasteiger partial charge in [-0.2, -0.15) is 18.3 Å². The van der Waals surface area contributed by atoms with Crippen LogP contribution in [0.5, 0.6) is 0 Å². The van der Waals surface area contributed by atoms with E-state index in [1.807, 2.05) is 4.68 Å². The highest BCUT2D eigenvalue weighted by atomic mass is 19.4. The van der Waals surface area contributed by atoms with Crippen LogP contribution in [0.25, 0.3) is 0 Å². The van der Waals surface area contributed by atoms with Crippen LogP contribution >= 0.6 is 0 Å². The zero-order chi connectivity index (χ0) is 18.3. The third-order valence-electron chi connectivity index (χ3n) is 4.92. The van der Waals surface area contributed by atoms with Crippen molar-refractivity contribution in [3.05, 3.63) is 17.5 Å². The Morgan fingerprint density at radius 3 is 2.24 bits per heavy atom. The van der Waals surface area contributed by atoms with Gasteiger partial charge in [0.15, 0.2) is 0 Å². The van der Waals surface area contributed by atoms with Gasteiger partial charge in [0.05, 0.1) is 17.9 Å². The predicted octanol–water partition coefficient (Wildman–Crippen LogP) is 5.53. The van der Waals surface area contributed by atoms with Crippen molar-refractivity contribution in [2.45, 2.75) is 89.3 Å². The second kappa shape index (κ2) is 9.25. The molecule has 1 N–H and O–H groups in total. The van der Waals surface area contributed by atoms with Gasteiger partial charge in [-0.25, -0.2) is 4.79 Å². The van der Waals surface area contributed by atoms with Gasteiger partial charge in [0.2, 0.25) is 0 Å². The van der Waals surface area contributed by atoms with Gasteiger partial charge in [0.25, 0.3) is 0 Å². The Kier molecular flexibility index (Phi) is 7.32. The van der Waals surface area contributed by atoms with Crippen LogP contribution in [-0.2, 0) is 6.42 Å². The molecular formula is C18H27F3N2O2. The Bertz CT molecular complexity index is 551. The van der Waals surface area contributed by atoms with Crippen LogP contribution in [0, 0.1) is 0 Å². The van der Waals surface area contributed by atoms with Crippen LogP contribution in [0.1, 0.15) is 92.7 Å². The molecule has 0 radical (unpaired) electrons. The lowest BCUT2D eigenvalue weighted by Crippen LogP contribution is -2.21. The van der Waals surface area contributed by atoms with E-state index >= 15 is 0 Å². The fraction of sp³-hybridized carbons (Fsp3) is 0.778. The molecular weight excluding hydrogens is 333 g/mol. The maximum atomic E-state index is 12.0. The number of carbonyl (C=O) groups is 1. The molecule has 1 aliphatic carbocycles. The maximum absolute atomic E-state index is 12.0. The van der Waals surface area contributed by atoms with Crippen LogP contribution in [0.15, 0.2) is 6.20 Å². The van der Waals surface area contributed by atoms with E-state index in [0.29, 0.717) is 24.4 Å². The van der Waals surface area contributed by atoms with Gasteiger partial charge in [-0.3, -0.25) is 4.68 Å². The monoisotopic (exact) mass is 360 g/mol. The van der Waals surface area contributed by atoms with Crippen molar-refractivity contribution in [1.82, 2.24) is 9.78 Å². The third kappa shape index (κ3) is 6.36. The molecule has 0 saturated heterocycles. The Labute approximate surface area is 146 Å². The van der Waals surface area contributed by atoms with Crippen molar-refractivity contribution in [3.8, 4) is 0 Å². The van der Waals surface area contributed by atoms with Crippen molar-refractivity contribution >= 4 is 5.97 Å². The second-order valence-electron chi connectivity index (χ2n) is 6.93. The SMILES string of the molecule is O=C(O)c1cnn(C2CCC2)c1CCCCCCCCCC(F)(F)F. The summed E-state index contributed by atoms with van der Waals surface area (Å²) in [6.45, 7) is 0. The lowest BCUT2D eigenvalue weighted by Gasteiger charge is -2.27. The van der Waals surface area contributed by atoms with Crippen LogP contribution in [0.2, 0.25) is 0 Å². The van der Waals surface area contributed by atoms with Gasteiger partial charge in [-0.1, -0.05) is 32.1 Å². The molecule has 0 spiro atoms. The van der Waals surface area contributed by atoms with E-state index in [1.54, 1.807) is 0 Å². The van der Waals surface area contributed by atoms with Crippen LogP contribution in [0.4, 0.5) is 13.2 Å². The minimum Gasteiger partial charge on any atom is -0.478 e. The summed E-state index contributed by atoms with van der Waals surface area (Å²) < 4.78 is 38.0. The van der Waals surface area contributed by atoms with Crippen molar-refractivity contribution in [1.29, 1.82) is 0 Å². The summed E-state index contributed by atoms with van der Waals surface area (Å²) in [4.78, 5) is 11.3. The largest absolute Gasteiger partial charge is 0.478 e. The number of alkyl halides is 3. The van der Waals surface area contributed by atoms with Crippen LogP contribution < -0.4 is 0 Å². The highest BCUT2D eigenvalue weighted by Gasteiger charge is 2.26. The van der Waals surface area contributed by atoms with Gasteiger partial charge in [0.1, 0.15) is 5.56 Å². The lowest BCUT2D eigenvalue weighted by molar-refractivity contribution is -0.135. The standard InChI is InChI=1S/C18H27F3N2O2/c19-18(20,21)12-7-5-3-1-2-4-6-11-16-15(17(24)25)13-22-23(16)14-9-8-10-14/h13-14H,1-12H2,(H,24,25). The smallest absolute Gasteiger partial charge is 0.389 e. The van der Waals surface area contributed by atoms with Crippen LogP contribution in [-0.4, -0.2) is 27.0 Å². The Balaban J connectivity index is 1.64. The lowest BCUT2D eigenvalue weighted by atomic mass is 9.92.